The maximum absolute atomic E-state index is 13.0. The van der Waals surface area contributed by atoms with E-state index in [1.165, 1.54) is 4.31 Å². The van der Waals surface area contributed by atoms with Crippen molar-refractivity contribution in [3.05, 3.63) is 59.7 Å². The summed E-state index contributed by atoms with van der Waals surface area (Å²) in [4.78, 5) is 12.6. The first-order chi connectivity index (χ1) is 14.4. The van der Waals surface area contributed by atoms with E-state index in [-0.39, 0.29) is 11.9 Å². The van der Waals surface area contributed by atoms with Gasteiger partial charge < -0.3 is 10.1 Å². The quantitative estimate of drug-likeness (QED) is 0.651. The lowest BCUT2D eigenvalue weighted by Crippen LogP contribution is -2.46. The van der Waals surface area contributed by atoms with E-state index in [4.69, 9.17) is 4.74 Å². The number of nitrogens with zero attached hydrogens (tertiary/aromatic N) is 1. The first-order valence-corrected chi connectivity index (χ1v) is 11.8. The second kappa shape index (κ2) is 10.1. The predicted molar refractivity (Wildman–Crippen MR) is 117 cm³/mol. The minimum absolute atomic E-state index is 0.0117. The monoisotopic (exact) mass is 430 g/mol. The molecule has 6 nitrogen and oxygen atoms in total. The highest BCUT2D eigenvalue weighted by atomic mass is 32.2. The topological polar surface area (TPSA) is 75.7 Å². The molecule has 0 radical (unpaired) electrons. The van der Waals surface area contributed by atoms with Crippen LogP contribution in [0.5, 0.6) is 5.75 Å². The molecule has 0 saturated carbocycles. The second-order valence-corrected chi connectivity index (χ2v) is 9.69. The zero-order valence-electron chi connectivity index (χ0n) is 17.6. The van der Waals surface area contributed by atoms with E-state index < -0.39 is 10.0 Å². The molecule has 1 aliphatic rings. The number of benzene rings is 2. The molecule has 1 amide bonds. The molecule has 1 fully saturated rings. The highest BCUT2D eigenvalue weighted by Gasteiger charge is 2.30. The van der Waals surface area contributed by atoms with Crippen LogP contribution in [-0.2, 0) is 14.8 Å². The molecule has 1 saturated heterocycles. The number of para-hydroxylation sites is 1. The number of amides is 1. The number of carbonyl (C=O) groups excluding carboxylic acids is 1. The third-order valence-corrected chi connectivity index (χ3v) is 7.39. The minimum atomic E-state index is -3.50. The Morgan fingerprint density at radius 3 is 2.47 bits per heavy atom. The summed E-state index contributed by atoms with van der Waals surface area (Å²) in [5, 5.41) is 3.03. The second-order valence-electron chi connectivity index (χ2n) is 7.78. The highest BCUT2D eigenvalue weighted by Crippen LogP contribution is 2.24. The molecule has 1 N–H and O–H groups in total. The predicted octanol–water partition coefficient (Wildman–Crippen LogP) is 3.43. The van der Waals surface area contributed by atoms with Crippen molar-refractivity contribution in [2.45, 2.75) is 50.5 Å². The first-order valence-electron chi connectivity index (χ1n) is 10.4. The molecular formula is C23H30N2O4S. The average molecular weight is 431 g/mol. The van der Waals surface area contributed by atoms with Crippen LogP contribution in [0.2, 0.25) is 0 Å². The summed E-state index contributed by atoms with van der Waals surface area (Å²) < 4.78 is 33.1. The van der Waals surface area contributed by atoms with E-state index in [0.717, 1.165) is 16.9 Å². The summed E-state index contributed by atoms with van der Waals surface area (Å²) in [5.74, 6) is 0.789. The van der Waals surface area contributed by atoms with Crippen molar-refractivity contribution in [2.75, 3.05) is 19.7 Å². The Morgan fingerprint density at radius 2 is 1.80 bits per heavy atom. The summed E-state index contributed by atoms with van der Waals surface area (Å²) in [6.45, 7) is 5.10. The highest BCUT2D eigenvalue weighted by molar-refractivity contribution is 7.89. The van der Waals surface area contributed by atoms with Gasteiger partial charge >= 0.3 is 0 Å². The minimum Gasteiger partial charge on any atom is -0.494 e. The van der Waals surface area contributed by atoms with Gasteiger partial charge in [-0.05, 0) is 56.9 Å². The van der Waals surface area contributed by atoms with E-state index in [9.17, 15) is 13.2 Å². The fourth-order valence-electron chi connectivity index (χ4n) is 3.71. The summed E-state index contributed by atoms with van der Waals surface area (Å²) in [6.07, 6.45) is 2.28. The smallest absolute Gasteiger partial charge is 0.243 e. The molecule has 0 aromatic heterocycles. The van der Waals surface area contributed by atoms with Crippen molar-refractivity contribution >= 4 is 15.9 Å². The zero-order valence-corrected chi connectivity index (χ0v) is 18.5. The summed E-state index contributed by atoms with van der Waals surface area (Å²) >= 11 is 0. The Morgan fingerprint density at radius 1 is 1.10 bits per heavy atom. The molecule has 0 aliphatic carbocycles. The standard InChI is InChI=1S/C23H30N2O4S/c1-18-10-11-22(19(2)17-18)30(27,28)25-14-12-20(13-15-25)24-23(26)9-6-16-29-21-7-4-3-5-8-21/h3-5,7-8,10-11,17,20H,6,9,12-16H2,1-2H3,(H,24,26). The van der Waals surface area contributed by atoms with Crippen LogP contribution in [0.4, 0.5) is 0 Å². The van der Waals surface area contributed by atoms with Crippen LogP contribution in [0.25, 0.3) is 0 Å². The van der Waals surface area contributed by atoms with Gasteiger partial charge in [-0.2, -0.15) is 4.31 Å². The molecular weight excluding hydrogens is 400 g/mol. The van der Waals surface area contributed by atoms with Crippen molar-refractivity contribution in [3.8, 4) is 5.75 Å². The van der Waals surface area contributed by atoms with Crippen molar-refractivity contribution in [2.24, 2.45) is 0 Å². The third-order valence-electron chi connectivity index (χ3n) is 5.33. The van der Waals surface area contributed by atoms with Gasteiger partial charge in [0.05, 0.1) is 11.5 Å². The maximum atomic E-state index is 13.0. The largest absolute Gasteiger partial charge is 0.494 e. The molecule has 1 aliphatic heterocycles. The van der Waals surface area contributed by atoms with Gasteiger partial charge in [-0.25, -0.2) is 8.42 Å². The number of piperidine rings is 1. The van der Waals surface area contributed by atoms with Crippen molar-refractivity contribution in [1.29, 1.82) is 0 Å². The molecule has 0 spiro atoms. The van der Waals surface area contributed by atoms with E-state index >= 15 is 0 Å². The Balaban J connectivity index is 1.42. The van der Waals surface area contributed by atoms with Gasteiger partial charge in [-0.3, -0.25) is 4.79 Å². The fourth-order valence-corrected chi connectivity index (χ4v) is 5.38. The number of hydrogen-bond donors (Lipinski definition) is 1. The molecule has 2 aromatic carbocycles. The molecule has 3 rings (SSSR count). The molecule has 1 heterocycles. The van der Waals surface area contributed by atoms with Gasteiger partial charge in [0, 0.05) is 25.6 Å². The molecule has 0 atom stereocenters. The van der Waals surface area contributed by atoms with E-state index in [0.29, 0.717) is 50.3 Å². The van der Waals surface area contributed by atoms with Crippen LogP contribution in [0, 0.1) is 13.8 Å². The lowest BCUT2D eigenvalue weighted by molar-refractivity contribution is -0.122. The number of nitrogens with one attached hydrogen (secondary N) is 1. The first kappa shape index (κ1) is 22.3. The van der Waals surface area contributed by atoms with Crippen LogP contribution in [0.15, 0.2) is 53.4 Å². The van der Waals surface area contributed by atoms with Crippen LogP contribution >= 0.6 is 0 Å². The Bertz CT molecular complexity index is 952. The van der Waals surface area contributed by atoms with Gasteiger partial charge in [0.25, 0.3) is 0 Å². The zero-order chi connectivity index (χ0) is 21.6. The Labute approximate surface area is 179 Å². The van der Waals surface area contributed by atoms with E-state index in [1.807, 2.05) is 56.3 Å². The Kier molecular flexibility index (Phi) is 7.50. The van der Waals surface area contributed by atoms with Gasteiger partial charge in [0.1, 0.15) is 5.75 Å². The summed E-state index contributed by atoms with van der Waals surface area (Å²) in [7, 11) is -3.50. The van der Waals surface area contributed by atoms with Gasteiger partial charge in [-0.1, -0.05) is 35.9 Å². The Hall–Kier alpha value is -2.38. The molecule has 2 aromatic rings. The third kappa shape index (κ3) is 5.83. The van der Waals surface area contributed by atoms with Crippen molar-refractivity contribution in [1.82, 2.24) is 9.62 Å². The number of carbonyl (C=O) groups is 1. The molecule has 30 heavy (non-hydrogen) atoms. The lowest BCUT2D eigenvalue weighted by atomic mass is 10.1. The number of ether oxygens (including phenoxy) is 1. The normalized spacial score (nSPS) is 15.7. The number of aryl methyl sites for hydroxylation is 2. The average Bonchev–Trinajstić information content (AvgIpc) is 2.72. The van der Waals surface area contributed by atoms with E-state index in [1.54, 1.807) is 6.07 Å². The maximum Gasteiger partial charge on any atom is 0.243 e. The molecule has 0 unspecified atom stereocenters. The number of hydrogen-bond acceptors (Lipinski definition) is 4. The molecule has 7 heteroatoms. The SMILES string of the molecule is Cc1ccc(S(=O)(=O)N2CCC(NC(=O)CCCOc3ccccc3)CC2)c(C)c1. The summed E-state index contributed by atoms with van der Waals surface area (Å²) in [5.41, 5.74) is 1.81. The van der Waals surface area contributed by atoms with Crippen LogP contribution < -0.4 is 10.1 Å². The lowest BCUT2D eigenvalue weighted by Gasteiger charge is -2.32. The number of rotatable bonds is 8. The van der Waals surface area contributed by atoms with Crippen molar-refractivity contribution < 1.29 is 17.9 Å². The van der Waals surface area contributed by atoms with Crippen LogP contribution in [0.1, 0.15) is 36.8 Å². The van der Waals surface area contributed by atoms with Crippen molar-refractivity contribution in [3.63, 3.8) is 0 Å². The summed E-state index contributed by atoms with van der Waals surface area (Å²) in [6, 6.07) is 14.9. The molecule has 162 valence electrons. The van der Waals surface area contributed by atoms with E-state index in [2.05, 4.69) is 5.32 Å². The fraction of sp³-hybridized carbons (Fsp3) is 0.435. The van der Waals surface area contributed by atoms with Crippen LogP contribution in [-0.4, -0.2) is 44.4 Å². The van der Waals surface area contributed by atoms with Crippen LogP contribution in [0.3, 0.4) is 0 Å². The van der Waals surface area contributed by atoms with Gasteiger partial charge in [-0.15, -0.1) is 0 Å². The molecule has 0 bridgehead atoms. The van der Waals surface area contributed by atoms with Gasteiger partial charge in [0.15, 0.2) is 0 Å². The van der Waals surface area contributed by atoms with Gasteiger partial charge in [0.2, 0.25) is 15.9 Å². The number of sulfonamides is 1.